The highest BCUT2D eigenvalue weighted by Gasteiger charge is 2.38. The van der Waals surface area contributed by atoms with E-state index in [1.54, 1.807) is 0 Å². The van der Waals surface area contributed by atoms with Crippen LogP contribution < -0.4 is 5.32 Å². The van der Waals surface area contributed by atoms with Gasteiger partial charge in [-0.1, -0.05) is 11.8 Å². The number of thioether (sulfide) groups is 1. The molecular weight excluding hydrogens is 271 g/mol. The summed E-state index contributed by atoms with van der Waals surface area (Å²) in [5.41, 5.74) is -0.185. The fourth-order valence-corrected chi connectivity index (χ4v) is 2.62. The number of nitrogens with zero attached hydrogens (tertiary/aromatic N) is 1. The molecule has 3 atom stereocenters. The molecule has 19 heavy (non-hydrogen) atoms. The van der Waals surface area contributed by atoms with E-state index in [4.69, 9.17) is 9.47 Å². The van der Waals surface area contributed by atoms with Gasteiger partial charge in [0.25, 0.3) is 0 Å². The number of fused-ring (bicyclic) bond motifs is 1. The topological polar surface area (TPSA) is 59.9 Å². The predicted molar refractivity (Wildman–Crippen MR) is 69.2 cm³/mol. The highest BCUT2D eigenvalue weighted by atomic mass is 32.2. The van der Waals surface area contributed by atoms with Gasteiger partial charge in [-0.15, -0.1) is 0 Å². The van der Waals surface area contributed by atoms with Gasteiger partial charge in [0.15, 0.2) is 5.17 Å². The van der Waals surface area contributed by atoms with Crippen LogP contribution in [0.4, 0.5) is 4.39 Å². The normalized spacial score (nSPS) is 29.6. The van der Waals surface area contributed by atoms with Crippen LogP contribution in [0.1, 0.15) is 13.3 Å². The maximum absolute atomic E-state index is 12.0. The molecule has 1 saturated heterocycles. The summed E-state index contributed by atoms with van der Waals surface area (Å²) in [5.74, 6) is -0.351. The van der Waals surface area contributed by atoms with E-state index in [9.17, 15) is 9.18 Å². The zero-order chi connectivity index (χ0) is 13.7. The summed E-state index contributed by atoms with van der Waals surface area (Å²) in [4.78, 5) is 15.1. The lowest BCUT2D eigenvalue weighted by Crippen LogP contribution is -2.37. The first-order chi connectivity index (χ1) is 9.19. The molecule has 0 spiro atoms. The summed E-state index contributed by atoms with van der Waals surface area (Å²) >= 11 is 1.43. The molecule has 5 nitrogen and oxygen atoms in total. The van der Waals surface area contributed by atoms with Crippen LogP contribution in [0, 0.1) is 12.8 Å². The monoisotopic (exact) mass is 286 g/mol. The Morgan fingerprint density at radius 1 is 1.63 bits per heavy atom. The quantitative estimate of drug-likeness (QED) is 0.600. The van der Waals surface area contributed by atoms with E-state index in [-0.39, 0.29) is 30.7 Å². The molecule has 1 fully saturated rings. The zero-order valence-electron chi connectivity index (χ0n) is 10.5. The number of rotatable bonds is 5. The van der Waals surface area contributed by atoms with Gasteiger partial charge in [0.2, 0.25) is 0 Å². The molecule has 0 bridgehead atoms. The van der Waals surface area contributed by atoms with Crippen molar-refractivity contribution in [2.45, 2.75) is 30.9 Å². The number of hydrogen-bond acceptors (Lipinski definition) is 6. The second kappa shape index (κ2) is 7.09. The predicted octanol–water partition coefficient (Wildman–Crippen LogP) is 0.858. The fraction of sp³-hybridized carbons (Fsp3) is 0.667. The van der Waals surface area contributed by atoms with Crippen molar-refractivity contribution in [2.24, 2.45) is 4.99 Å². The van der Waals surface area contributed by atoms with Crippen molar-refractivity contribution < 1.29 is 18.7 Å². The van der Waals surface area contributed by atoms with Crippen LogP contribution in [0.5, 0.6) is 0 Å². The molecule has 0 aromatic heterocycles. The van der Waals surface area contributed by atoms with E-state index in [1.807, 2.05) is 0 Å². The van der Waals surface area contributed by atoms with Crippen LogP contribution in [0.25, 0.3) is 0 Å². The van der Waals surface area contributed by atoms with Crippen molar-refractivity contribution in [3.8, 4) is 0 Å². The number of alkyl halides is 1. The number of hydrogen-bond donors (Lipinski definition) is 1. The summed E-state index contributed by atoms with van der Waals surface area (Å²) in [7, 11) is 0. The zero-order valence-corrected chi connectivity index (χ0v) is 11.3. The molecule has 0 saturated carbocycles. The summed E-state index contributed by atoms with van der Waals surface area (Å²) in [6.45, 7) is 1.68. The highest BCUT2D eigenvalue weighted by molar-refractivity contribution is 8.14. The smallest absolute Gasteiger partial charge is 0.302 e. The number of amidine groups is 1. The van der Waals surface area contributed by atoms with Crippen molar-refractivity contribution in [1.29, 1.82) is 0 Å². The van der Waals surface area contributed by atoms with Gasteiger partial charge in [-0.05, 0) is 6.42 Å². The Bertz CT molecular complexity index is 354. The molecule has 1 N–H and O–H groups in total. The van der Waals surface area contributed by atoms with Crippen LogP contribution >= 0.6 is 11.8 Å². The number of carbonyl (C=O) groups is 1. The minimum absolute atomic E-state index is 0.136. The van der Waals surface area contributed by atoms with Gasteiger partial charge in [0.05, 0.1) is 12.7 Å². The van der Waals surface area contributed by atoms with Gasteiger partial charge >= 0.3 is 5.97 Å². The van der Waals surface area contributed by atoms with Crippen molar-refractivity contribution in [3.63, 3.8) is 0 Å². The lowest BCUT2D eigenvalue weighted by Gasteiger charge is -2.28. The van der Waals surface area contributed by atoms with Gasteiger partial charge < -0.3 is 14.8 Å². The van der Waals surface area contributed by atoms with Crippen LogP contribution in [-0.4, -0.2) is 48.5 Å². The molecule has 2 rings (SSSR count). The first-order valence-corrected chi connectivity index (χ1v) is 6.91. The molecule has 104 valence electrons. The highest BCUT2D eigenvalue weighted by Crippen LogP contribution is 2.34. The SMILES string of the molecule is CC(=O)OC[C@H]1[C][C][C@H]2N=C(NCCCF)S[C@H]2O1. The lowest BCUT2D eigenvalue weighted by molar-refractivity contribution is -0.145. The maximum Gasteiger partial charge on any atom is 0.302 e. The van der Waals surface area contributed by atoms with Crippen LogP contribution in [0.3, 0.4) is 0 Å². The average Bonchev–Trinajstić information content (AvgIpc) is 2.78. The first kappa shape index (κ1) is 14.6. The Labute approximate surface area is 116 Å². The minimum atomic E-state index is -0.405. The molecule has 4 radical (unpaired) electrons. The third-order valence-electron chi connectivity index (χ3n) is 2.46. The van der Waals surface area contributed by atoms with Crippen molar-refractivity contribution in [1.82, 2.24) is 5.32 Å². The molecule has 0 aromatic rings. The summed E-state index contributed by atoms with van der Waals surface area (Å²) in [6, 6.07) is -0.202. The Kier molecular flexibility index (Phi) is 5.45. The van der Waals surface area contributed by atoms with Gasteiger partial charge in [-0.3, -0.25) is 14.2 Å². The fourth-order valence-electron chi connectivity index (χ4n) is 1.59. The largest absolute Gasteiger partial charge is 0.463 e. The Balaban J connectivity index is 1.74. The third-order valence-corrected chi connectivity index (χ3v) is 3.53. The summed E-state index contributed by atoms with van der Waals surface area (Å²) in [5, 5.41) is 3.77. The number of ether oxygens (including phenoxy) is 2. The number of aliphatic imine (C=N–C) groups is 1. The van der Waals surface area contributed by atoms with Gasteiger partial charge in [0, 0.05) is 26.3 Å². The van der Waals surface area contributed by atoms with E-state index < -0.39 is 6.10 Å². The van der Waals surface area contributed by atoms with Crippen LogP contribution in [0.2, 0.25) is 0 Å². The molecule has 0 aromatic carbocycles. The van der Waals surface area contributed by atoms with Crippen LogP contribution in [0.15, 0.2) is 4.99 Å². The Hall–Kier alpha value is -0.820. The van der Waals surface area contributed by atoms with E-state index >= 15 is 0 Å². The summed E-state index contributed by atoms with van der Waals surface area (Å²) in [6.07, 6.45) is 5.91. The average molecular weight is 286 g/mol. The lowest BCUT2D eigenvalue weighted by atomic mass is 10.1. The van der Waals surface area contributed by atoms with Crippen molar-refractivity contribution in [2.75, 3.05) is 19.8 Å². The second-order valence-corrected chi connectivity index (χ2v) is 5.14. The molecule has 2 aliphatic heterocycles. The van der Waals surface area contributed by atoms with Crippen molar-refractivity contribution >= 4 is 22.9 Å². The molecule has 7 heteroatoms. The number of carbonyl (C=O) groups excluding carboxylic acids is 1. The van der Waals surface area contributed by atoms with Gasteiger partial charge in [-0.2, -0.15) is 0 Å². The van der Waals surface area contributed by atoms with Crippen molar-refractivity contribution in [3.05, 3.63) is 12.8 Å². The van der Waals surface area contributed by atoms with Gasteiger partial charge in [-0.25, -0.2) is 0 Å². The van der Waals surface area contributed by atoms with Crippen LogP contribution in [-0.2, 0) is 14.3 Å². The maximum atomic E-state index is 12.0. The van der Waals surface area contributed by atoms with E-state index in [1.165, 1.54) is 18.7 Å². The molecule has 0 unspecified atom stereocenters. The Morgan fingerprint density at radius 2 is 2.47 bits per heavy atom. The molecule has 0 amide bonds. The minimum Gasteiger partial charge on any atom is -0.463 e. The number of halogens is 1. The van der Waals surface area contributed by atoms with E-state index in [0.29, 0.717) is 13.0 Å². The van der Waals surface area contributed by atoms with Gasteiger partial charge in [0.1, 0.15) is 18.1 Å². The number of nitrogens with one attached hydrogen (secondary N) is 1. The summed E-state index contributed by atoms with van der Waals surface area (Å²) < 4.78 is 22.5. The Morgan fingerprint density at radius 3 is 3.21 bits per heavy atom. The second-order valence-electron chi connectivity index (χ2n) is 4.05. The van der Waals surface area contributed by atoms with E-state index in [0.717, 1.165) is 5.17 Å². The molecule has 2 heterocycles. The molecular formula is C12H15FN2O3S. The number of esters is 1. The first-order valence-electron chi connectivity index (χ1n) is 6.03. The molecule has 2 aliphatic rings. The third kappa shape index (κ3) is 4.35. The standard InChI is InChI=1S/C12H15FN2O3S/c1-8(16)17-7-9-3-4-10-11(18-9)19-12(15-10)14-6-2-5-13/h9-11H,2,5-7H2,1H3,(H,14,15)/t9-,10-,11-/m1/s1. The molecule has 0 aliphatic carbocycles. The van der Waals surface area contributed by atoms with E-state index in [2.05, 4.69) is 23.2 Å².